The molecule has 0 atom stereocenters. The molecule has 92 valence electrons. The van der Waals surface area contributed by atoms with Gasteiger partial charge in [0.25, 0.3) is 0 Å². The highest BCUT2D eigenvalue weighted by Gasteiger charge is 2.09. The zero-order chi connectivity index (χ0) is 13.0. The Hall–Kier alpha value is -2.29. The standard InChI is InChI=1S/C15H14O3/c1-11-7-8-12(10-15(16)17)14(9-11)18-13-5-3-2-4-6-13/h2-9H,10H2,1H3,(H,16,17). The van der Waals surface area contributed by atoms with E-state index in [9.17, 15) is 4.79 Å². The second-order valence-corrected chi connectivity index (χ2v) is 4.10. The Labute approximate surface area is 106 Å². The first kappa shape index (κ1) is 12.2. The number of benzene rings is 2. The van der Waals surface area contributed by atoms with E-state index in [1.54, 1.807) is 6.07 Å². The number of para-hydroxylation sites is 1. The van der Waals surface area contributed by atoms with Crippen molar-refractivity contribution in [3.8, 4) is 11.5 Å². The largest absolute Gasteiger partial charge is 0.481 e. The van der Waals surface area contributed by atoms with Gasteiger partial charge in [0.05, 0.1) is 6.42 Å². The lowest BCUT2D eigenvalue weighted by Gasteiger charge is -2.10. The third kappa shape index (κ3) is 3.10. The number of rotatable bonds is 4. The molecule has 1 N–H and O–H groups in total. The Kier molecular flexibility index (Phi) is 3.63. The number of carboxylic acids is 1. The normalized spacial score (nSPS) is 10.1. The fourth-order valence-electron chi connectivity index (χ4n) is 1.68. The van der Waals surface area contributed by atoms with Crippen LogP contribution in [0.25, 0.3) is 0 Å². The van der Waals surface area contributed by atoms with Crippen molar-refractivity contribution in [2.45, 2.75) is 13.3 Å². The number of aliphatic carboxylic acids is 1. The lowest BCUT2D eigenvalue weighted by Crippen LogP contribution is -2.02. The molecule has 2 aromatic rings. The van der Waals surface area contributed by atoms with Crippen molar-refractivity contribution in [1.82, 2.24) is 0 Å². The Bertz CT molecular complexity index is 547. The van der Waals surface area contributed by atoms with Gasteiger partial charge in [0.15, 0.2) is 0 Å². The summed E-state index contributed by atoms with van der Waals surface area (Å²) in [5, 5.41) is 8.87. The van der Waals surface area contributed by atoms with Crippen LogP contribution in [-0.4, -0.2) is 11.1 Å². The predicted molar refractivity (Wildman–Crippen MR) is 69.0 cm³/mol. The molecule has 0 spiro atoms. The van der Waals surface area contributed by atoms with Crippen LogP contribution in [0, 0.1) is 6.92 Å². The van der Waals surface area contributed by atoms with Gasteiger partial charge in [0.1, 0.15) is 11.5 Å². The van der Waals surface area contributed by atoms with E-state index in [0.717, 1.165) is 5.56 Å². The average molecular weight is 242 g/mol. The zero-order valence-corrected chi connectivity index (χ0v) is 10.1. The molecule has 0 radical (unpaired) electrons. The third-order valence-corrected chi connectivity index (χ3v) is 2.54. The molecule has 2 rings (SSSR count). The summed E-state index contributed by atoms with van der Waals surface area (Å²) in [5.41, 5.74) is 1.71. The SMILES string of the molecule is Cc1ccc(CC(=O)O)c(Oc2ccccc2)c1. The maximum Gasteiger partial charge on any atom is 0.307 e. The maximum absolute atomic E-state index is 10.8. The molecule has 0 aliphatic carbocycles. The first-order valence-electron chi connectivity index (χ1n) is 5.69. The summed E-state index contributed by atoms with van der Waals surface area (Å²) in [6.07, 6.45) is -0.0392. The van der Waals surface area contributed by atoms with E-state index in [2.05, 4.69) is 0 Å². The van der Waals surface area contributed by atoms with Gasteiger partial charge in [0.2, 0.25) is 0 Å². The molecule has 0 aliphatic rings. The van der Waals surface area contributed by atoms with Crippen LogP contribution in [0.4, 0.5) is 0 Å². The number of carboxylic acid groups (broad SMARTS) is 1. The van der Waals surface area contributed by atoms with E-state index >= 15 is 0 Å². The molecule has 2 aromatic carbocycles. The summed E-state index contributed by atoms with van der Waals surface area (Å²) < 4.78 is 5.73. The average Bonchev–Trinajstić information content (AvgIpc) is 2.33. The number of carbonyl (C=O) groups is 1. The van der Waals surface area contributed by atoms with Gasteiger partial charge < -0.3 is 9.84 Å². The predicted octanol–water partition coefficient (Wildman–Crippen LogP) is 3.41. The van der Waals surface area contributed by atoms with E-state index in [1.807, 2.05) is 49.4 Å². The van der Waals surface area contributed by atoms with Crippen molar-refractivity contribution in [2.24, 2.45) is 0 Å². The fourth-order valence-corrected chi connectivity index (χ4v) is 1.68. The fraction of sp³-hybridized carbons (Fsp3) is 0.133. The van der Waals surface area contributed by atoms with Crippen LogP contribution in [-0.2, 0) is 11.2 Å². The lowest BCUT2D eigenvalue weighted by molar-refractivity contribution is -0.136. The molecule has 3 nitrogen and oxygen atoms in total. The van der Waals surface area contributed by atoms with Crippen LogP contribution >= 0.6 is 0 Å². The van der Waals surface area contributed by atoms with Crippen molar-refractivity contribution < 1.29 is 14.6 Å². The van der Waals surface area contributed by atoms with Gasteiger partial charge in [-0.3, -0.25) is 4.79 Å². The van der Waals surface area contributed by atoms with Gasteiger partial charge in [-0.15, -0.1) is 0 Å². The van der Waals surface area contributed by atoms with Gasteiger partial charge in [0, 0.05) is 5.56 Å². The number of ether oxygens (including phenoxy) is 1. The Morgan fingerprint density at radius 3 is 2.56 bits per heavy atom. The Balaban J connectivity index is 2.30. The molecule has 3 heteroatoms. The van der Waals surface area contributed by atoms with E-state index in [-0.39, 0.29) is 6.42 Å². The summed E-state index contributed by atoms with van der Waals surface area (Å²) in [5.74, 6) is 0.440. The maximum atomic E-state index is 10.8. The van der Waals surface area contributed by atoms with Gasteiger partial charge in [-0.25, -0.2) is 0 Å². The van der Waals surface area contributed by atoms with Crippen LogP contribution in [0.5, 0.6) is 11.5 Å². The quantitative estimate of drug-likeness (QED) is 0.893. The molecule has 18 heavy (non-hydrogen) atoms. The highest BCUT2D eigenvalue weighted by Crippen LogP contribution is 2.26. The third-order valence-electron chi connectivity index (χ3n) is 2.54. The highest BCUT2D eigenvalue weighted by atomic mass is 16.5. The Morgan fingerprint density at radius 1 is 1.17 bits per heavy atom. The number of hydrogen-bond acceptors (Lipinski definition) is 2. The van der Waals surface area contributed by atoms with Crippen molar-refractivity contribution >= 4 is 5.97 Å². The molecule has 0 saturated carbocycles. The molecule has 0 saturated heterocycles. The molecule has 0 fully saturated rings. The van der Waals surface area contributed by atoms with Crippen LogP contribution < -0.4 is 4.74 Å². The summed E-state index contributed by atoms with van der Waals surface area (Å²) in [4.78, 5) is 10.8. The van der Waals surface area contributed by atoms with Crippen LogP contribution in [0.1, 0.15) is 11.1 Å². The lowest BCUT2D eigenvalue weighted by atomic mass is 10.1. The molecule has 0 amide bonds. The molecular formula is C15H14O3. The molecule has 0 bridgehead atoms. The van der Waals surface area contributed by atoms with E-state index in [1.165, 1.54) is 0 Å². The van der Waals surface area contributed by atoms with Gasteiger partial charge in [-0.2, -0.15) is 0 Å². The number of hydrogen-bond donors (Lipinski definition) is 1. The monoisotopic (exact) mass is 242 g/mol. The second kappa shape index (κ2) is 5.36. The van der Waals surface area contributed by atoms with E-state index in [4.69, 9.17) is 9.84 Å². The smallest absolute Gasteiger partial charge is 0.307 e. The van der Waals surface area contributed by atoms with E-state index in [0.29, 0.717) is 17.1 Å². The zero-order valence-electron chi connectivity index (χ0n) is 10.1. The van der Waals surface area contributed by atoms with E-state index < -0.39 is 5.97 Å². The van der Waals surface area contributed by atoms with Crippen LogP contribution in [0.2, 0.25) is 0 Å². The molecule has 0 aliphatic heterocycles. The van der Waals surface area contributed by atoms with Crippen LogP contribution in [0.15, 0.2) is 48.5 Å². The first-order valence-corrected chi connectivity index (χ1v) is 5.69. The molecule has 0 heterocycles. The van der Waals surface area contributed by atoms with Crippen molar-refractivity contribution in [1.29, 1.82) is 0 Å². The van der Waals surface area contributed by atoms with Gasteiger partial charge in [-0.05, 0) is 30.7 Å². The summed E-state index contributed by atoms with van der Waals surface area (Å²) >= 11 is 0. The summed E-state index contributed by atoms with van der Waals surface area (Å²) in [7, 11) is 0. The topological polar surface area (TPSA) is 46.5 Å². The Morgan fingerprint density at radius 2 is 1.89 bits per heavy atom. The molecule has 0 aromatic heterocycles. The minimum Gasteiger partial charge on any atom is -0.481 e. The van der Waals surface area contributed by atoms with Gasteiger partial charge >= 0.3 is 5.97 Å². The van der Waals surface area contributed by atoms with Crippen LogP contribution in [0.3, 0.4) is 0 Å². The second-order valence-electron chi connectivity index (χ2n) is 4.10. The molecule has 0 unspecified atom stereocenters. The number of aryl methyl sites for hydroxylation is 1. The summed E-state index contributed by atoms with van der Waals surface area (Å²) in [6, 6.07) is 14.9. The van der Waals surface area contributed by atoms with Gasteiger partial charge in [-0.1, -0.05) is 30.3 Å². The van der Waals surface area contributed by atoms with Crippen molar-refractivity contribution in [3.63, 3.8) is 0 Å². The van der Waals surface area contributed by atoms with Crippen molar-refractivity contribution in [2.75, 3.05) is 0 Å². The molecular weight excluding hydrogens is 228 g/mol. The van der Waals surface area contributed by atoms with Crippen molar-refractivity contribution in [3.05, 3.63) is 59.7 Å². The summed E-state index contributed by atoms with van der Waals surface area (Å²) in [6.45, 7) is 1.95. The minimum absolute atomic E-state index is 0.0392. The first-order chi connectivity index (χ1) is 8.65. The minimum atomic E-state index is -0.864. The highest BCUT2D eigenvalue weighted by molar-refractivity contribution is 5.71.